The van der Waals surface area contributed by atoms with Crippen molar-refractivity contribution in [1.29, 1.82) is 0 Å². The molecule has 2 unspecified atom stereocenters. The predicted molar refractivity (Wildman–Crippen MR) is 104 cm³/mol. The molecular formula is C20H23ClN4O2. The molecule has 0 saturated carbocycles. The number of benzene rings is 1. The van der Waals surface area contributed by atoms with Crippen LogP contribution in [0.1, 0.15) is 36.6 Å². The zero-order chi connectivity index (χ0) is 19.2. The van der Waals surface area contributed by atoms with Crippen LogP contribution in [0.3, 0.4) is 0 Å². The quantitative estimate of drug-likeness (QED) is 0.827. The van der Waals surface area contributed by atoms with Crippen molar-refractivity contribution in [2.24, 2.45) is 0 Å². The predicted octanol–water partition coefficient (Wildman–Crippen LogP) is 2.48. The topological polar surface area (TPSA) is 74.3 Å². The van der Waals surface area contributed by atoms with Gasteiger partial charge in [-0.05, 0) is 29.3 Å². The Bertz CT molecular complexity index is 782. The van der Waals surface area contributed by atoms with E-state index in [9.17, 15) is 9.59 Å². The zero-order valence-corrected chi connectivity index (χ0v) is 15.9. The molecule has 0 spiro atoms. The van der Waals surface area contributed by atoms with Crippen LogP contribution in [0.4, 0.5) is 0 Å². The number of hydrogen-bond donors (Lipinski definition) is 2. The molecule has 1 aliphatic rings. The number of nitrogens with one attached hydrogen (secondary N) is 2. The number of rotatable bonds is 5. The summed E-state index contributed by atoms with van der Waals surface area (Å²) in [5.41, 5.74) is 1.86. The van der Waals surface area contributed by atoms with Gasteiger partial charge in [0.25, 0.3) is 0 Å². The molecule has 1 aliphatic heterocycles. The molecule has 3 rings (SSSR count). The summed E-state index contributed by atoms with van der Waals surface area (Å²) in [5, 5.41) is 6.83. The van der Waals surface area contributed by atoms with E-state index < -0.39 is 6.04 Å². The molecule has 2 aromatic rings. The molecule has 2 heterocycles. The van der Waals surface area contributed by atoms with Crippen LogP contribution in [0.15, 0.2) is 48.8 Å². The van der Waals surface area contributed by atoms with Crippen molar-refractivity contribution >= 4 is 23.4 Å². The minimum Gasteiger partial charge on any atom is -0.349 e. The summed E-state index contributed by atoms with van der Waals surface area (Å²) in [6, 6.07) is 10.6. The monoisotopic (exact) mass is 386 g/mol. The van der Waals surface area contributed by atoms with Gasteiger partial charge in [0.05, 0.1) is 18.5 Å². The number of halogens is 1. The van der Waals surface area contributed by atoms with Gasteiger partial charge in [-0.2, -0.15) is 0 Å². The normalized spacial score (nSPS) is 18.0. The number of carbonyl (C=O) groups excluding carboxylic acids is 2. The summed E-state index contributed by atoms with van der Waals surface area (Å²) >= 11 is 5.96. The summed E-state index contributed by atoms with van der Waals surface area (Å²) in [6.45, 7) is 3.50. The number of aromatic nitrogens is 1. The maximum atomic E-state index is 13.1. The van der Waals surface area contributed by atoms with Crippen LogP contribution >= 0.6 is 11.6 Å². The fraction of sp³-hybridized carbons (Fsp3) is 0.350. The molecule has 1 aromatic carbocycles. The van der Waals surface area contributed by atoms with Gasteiger partial charge in [0.15, 0.2) is 0 Å². The molecule has 1 fully saturated rings. The maximum absolute atomic E-state index is 13.1. The van der Waals surface area contributed by atoms with Crippen LogP contribution in [-0.4, -0.2) is 41.3 Å². The fourth-order valence-corrected chi connectivity index (χ4v) is 3.48. The molecule has 2 N–H and O–H groups in total. The molecular weight excluding hydrogens is 364 g/mol. The van der Waals surface area contributed by atoms with E-state index in [0.717, 1.165) is 17.7 Å². The van der Waals surface area contributed by atoms with Crippen molar-refractivity contribution in [3.8, 4) is 0 Å². The summed E-state index contributed by atoms with van der Waals surface area (Å²) < 4.78 is 0. The van der Waals surface area contributed by atoms with Gasteiger partial charge in [-0.25, -0.2) is 0 Å². The third-order valence-electron chi connectivity index (χ3n) is 4.66. The SMILES string of the molecule is CC(=O)NC(CC(=O)N1CCNCC1c1cccnc1)c1ccc(Cl)cc1. The highest BCUT2D eigenvalue weighted by Gasteiger charge is 2.30. The van der Waals surface area contributed by atoms with Crippen molar-refractivity contribution in [3.63, 3.8) is 0 Å². The second kappa shape index (κ2) is 8.97. The first-order chi connectivity index (χ1) is 13.0. The number of amides is 2. The van der Waals surface area contributed by atoms with Gasteiger partial charge in [0.1, 0.15) is 0 Å². The van der Waals surface area contributed by atoms with E-state index in [1.807, 2.05) is 29.2 Å². The number of pyridine rings is 1. The molecule has 142 valence electrons. The van der Waals surface area contributed by atoms with E-state index in [4.69, 9.17) is 11.6 Å². The molecule has 0 radical (unpaired) electrons. The van der Waals surface area contributed by atoms with Crippen LogP contribution in [0, 0.1) is 0 Å². The Hall–Kier alpha value is -2.44. The first-order valence-corrected chi connectivity index (χ1v) is 9.35. The molecule has 1 aromatic heterocycles. The molecule has 7 heteroatoms. The third-order valence-corrected chi connectivity index (χ3v) is 4.91. The largest absolute Gasteiger partial charge is 0.349 e. The minimum atomic E-state index is -0.392. The van der Waals surface area contributed by atoms with Gasteiger partial charge < -0.3 is 15.5 Å². The average Bonchev–Trinajstić information content (AvgIpc) is 2.68. The Morgan fingerprint density at radius 3 is 2.78 bits per heavy atom. The lowest BCUT2D eigenvalue weighted by Crippen LogP contribution is -2.49. The summed E-state index contributed by atoms with van der Waals surface area (Å²) in [5.74, 6) is -0.175. The van der Waals surface area contributed by atoms with Gasteiger partial charge in [-0.1, -0.05) is 29.8 Å². The van der Waals surface area contributed by atoms with E-state index in [2.05, 4.69) is 15.6 Å². The van der Waals surface area contributed by atoms with Gasteiger partial charge in [0, 0.05) is 44.0 Å². The lowest BCUT2D eigenvalue weighted by atomic mass is 10.0. The highest BCUT2D eigenvalue weighted by atomic mass is 35.5. The van der Waals surface area contributed by atoms with Gasteiger partial charge in [-0.3, -0.25) is 14.6 Å². The first kappa shape index (κ1) is 19.3. The maximum Gasteiger partial charge on any atom is 0.225 e. The standard InChI is InChI=1S/C20H23ClN4O2/c1-14(26)24-18(15-4-6-17(21)7-5-15)11-20(27)25-10-9-23-13-19(25)16-3-2-8-22-12-16/h2-8,12,18-19,23H,9-11,13H2,1H3,(H,24,26). The lowest BCUT2D eigenvalue weighted by molar-refractivity contribution is -0.135. The zero-order valence-electron chi connectivity index (χ0n) is 15.2. The van der Waals surface area contributed by atoms with Crippen LogP contribution in [0.25, 0.3) is 0 Å². The summed E-state index contributed by atoms with van der Waals surface area (Å²) in [7, 11) is 0. The van der Waals surface area contributed by atoms with Gasteiger partial charge >= 0.3 is 0 Å². The smallest absolute Gasteiger partial charge is 0.225 e. The van der Waals surface area contributed by atoms with Gasteiger partial charge in [-0.15, -0.1) is 0 Å². The third kappa shape index (κ3) is 5.05. The van der Waals surface area contributed by atoms with Gasteiger partial charge in [0.2, 0.25) is 11.8 Å². The average molecular weight is 387 g/mol. The van der Waals surface area contributed by atoms with Crippen molar-refractivity contribution < 1.29 is 9.59 Å². The van der Waals surface area contributed by atoms with Crippen LogP contribution in [-0.2, 0) is 9.59 Å². The highest BCUT2D eigenvalue weighted by molar-refractivity contribution is 6.30. The second-order valence-corrected chi connectivity index (χ2v) is 7.04. The van der Waals surface area contributed by atoms with E-state index in [1.54, 1.807) is 24.5 Å². The number of carbonyl (C=O) groups is 2. The van der Waals surface area contributed by atoms with Crippen molar-refractivity contribution in [2.75, 3.05) is 19.6 Å². The van der Waals surface area contributed by atoms with Crippen LogP contribution < -0.4 is 10.6 Å². The Morgan fingerprint density at radius 2 is 2.11 bits per heavy atom. The van der Waals surface area contributed by atoms with E-state index in [1.165, 1.54) is 6.92 Å². The lowest BCUT2D eigenvalue weighted by Gasteiger charge is -2.37. The number of piperazine rings is 1. The molecule has 0 aliphatic carbocycles. The fourth-order valence-electron chi connectivity index (χ4n) is 3.36. The molecule has 2 amide bonds. The molecule has 6 nitrogen and oxygen atoms in total. The second-order valence-electron chi connectivity index (χ2n) is 6.60. The molecule has 1 saturated heterocycles. The Balaban J connectivity index is 1.78. The molecule has 0 bridgehead atoms. The Labute approximate surface area is 163 Å². The van der Waals surface area contributed by atoms with E-state index in [0.29, 0.717) is 18.1 Å². The minimum absolute atomic E-state index is 0.000877. The highest BCUT2D eigenvalue weighted by Crippen LogP contribution is 2.26. The van der Waals surface area contributed by atoms with Crippen molar-refractivity contribution in [2.45, 2.75) is 25.4 Å². The van der Waals surface area contributed by atoms with E-state index in [-0.39, 0.29) is 24.3 Å². The summed E-state index contributed by atoms with van der Waals surface area (Å²) in [4.78, 5) is 30.8. The Morgan fingerprint density at radius 1 is 1.33 bits per heavy atom. The molecule has 2 atom stereocenters. The Kier molecular flexibility index (Phi) is 6.42. The molecule has 27 heavy (non-hydrogen) atoms. The van der Waals surface area contributed by atoms with E-state index >= 15 is 0 Å². The van der Waals surface area contributed by atoms with Crippen LogP contribution in [0.2, 0.25) is 5.02 Å². The van der Waals surface area contributed by atoms with Crippen LogP contribution in [0.5, 0.6) is 0 Å². The number of hydrogen-bond acceptors (Lipinski definition) is 4. The summed E-state index contributed by atoms with van der Waals surface area (Å²) in [6.07, 6.45) is 3.71. The van der Waals surface area contributed by atoms with Crippen molar-refractivity contribution in [1.82, 2.24) is 20.5 Å². The first-order valence-electron chi connectivity index (χ1n) is 8.97. The van der Waals surface area contributed by atoms with Crippen molar-refractivity contribution in [3.05, 3.63) is 64.9 Å². The number of nitrogens with zero attached hydrogens (tertiary/aromatic N) is 2.